The van der Waals surface area contributed by atoms with Crippen LogP contribution in [0.2, 0.25) is 5.02 Å². The van der Waals surface area contributed by atoms with Crippen LogP contribution in [-0.2, 0) is 6.54 Å². The molecule has 30 heavy (non-hydrogen) atoms. The third kappa shape index (κ3) is 4.55. The zero-order chi connectivity index (χ0) is 21.1. The summed E-state index contributed by atoms with van der Waals surface area (Å²) in [4.78, 5) is 2.48. The van der Waals surface area contributed by atoms with Gasteiger partial charge >= 0.3 is 0 Å². The van der Waals surface area contributed by atoms with Crippen molar-refractivity contribution >= 4 is 29.2 Å². The van der Waals surface area contributed by atoms with Gasteiger partial charge in [0.15, 0.2) is 0 Å². The second-order valence-electron chi connectivity index (χ2n) is 8.58. The lowest BCUT2D eigenvalue weighted by Gasteiger charge is -2.20. The summed E-state index contributed by atoms with van der Waals surface area (Å²) in [5.41, 5.74) is 12.3. The number of nitrogens with one attached hydrogen (secondary N) is 2. The quantitative estimate of drug-likeness (QED) is 0.488. The maximum atomic E-state index is 7.95. The minimum atomic E-state index is 0.441. The van der Waals surface area contributed by atoms with Gasteiger partial charge in [0, 0.05) is 51.9 Å². The number of hydrogen-bond donors (Lipinski definition) is 3. The van der Waals surface area contributed by atoms with Crippen molar-refractivity contribution in [3.05, 3.63) is 58.6 Å². The third-order valence-electron chi connectivity index (χ3n) is 6.33. The van der Waals surface area contributed by atoms with Gasteiger partial charge in [-0.1, -0.05) is 43.2 Å². The molecule has 2 fully saturated rings. The molecule has 5 heteroatoms. The average Bonchev–Trinajstić information content (AvgIpc) is 3.42. The van der Waals surface area contributed by atoms with E-state index in [0.717, 1.165) is 52.4 Å². The Balaban J connectivity index is 1.69. The fourth-order valence-electron chi connectivity index (χ4n) is 4.73. The van der Waals surface area contributed by atoms with Crippen LogP contribution >= 0.6 is 11.6 Å². The smallest absolute Gasteiger partial charge is 0.0487 e. The van der Waals surface area contributed by atoms with Crippen LogP contribution in [0.5, 0.6) is 0 Å². The van der Waals surface area contributed by atoms with Crippen LogP contribution in [0.25, 0.3) is 16.8 Å². The molecule has 0 unspecified atom stereocenters. The van der Waals surface area contributed by atoms with Gasteiger partial charge in [-0.25, -0.2) is 0 Å². The highest BCUT2D eigenvalue weighted by atomic mass is 35.5. The molecule has 4 rings (SSSR count). The lowest BCUT2D eigenvalue weighted by molar-refractivity contribution is 0.331. The van der Waals surface area contributed by atoms with Gasteiger partial charge in [-0.2, -0.15) is 0 Å². The standard InChI is InChI=1S/C25H31ClN4/c1-17(28)22-13-19(14-25(23(22)15-27)29-20-6-2-3-7-20)21-9-8-18(12-24(21)26)16-30-10-4-5-11-30/h8-9,12-15,20,27,29H,1-7,10-11,16,28H2. The van der Waals surface area contributed by atoms with Crippen LogP contribution in [0.4, 0.5) is 5.69 Å². The average molecular weight is 423 g/mol. The number of anilines is 1. The summed E-state index contributed by atoms with van der Waals surface area (Å²) in [5.74, 6) is 0. The molecule has 1 saturated carbocycles. The summed E-state index contributed by atoms with van der Waals surface area (Å²) < 4.78 is 0. The Hall–Kier alpha value is -2.30. The topological polar surface area (TPSA) is 65.1 Å². The molecule has 4 N–H and O–H groups in total. The molecule has 158 valence electrons. The summed E-state index contributed by atoms with van der Waals surface area (Å²) >= 11 is 6.74. The number of nitrogens with zero attached hydrogens (tertiary/aromatic N) is 1. The summed E-state index contributed by atoms with van der Waals surface area (Å²) in [5, 5.41) is 12.3. The van der Waals surface area contributed by atoms with Crippen molar-refractivity contribution in [1.29, 1.82) is 5.41 Å². The van der Waals surface area contributed by atoms with E-state index in [4.69, 9.17) is 22.7 Å². The van der Waals surface area contributed by atoms with Gasteiger partial charge in [0.1, 0.15) is 0 Å². The molecule has 1 aliphatic heterocycles. The van der Waals surface area contributed by atoms with Crippen LogP contribution in [0.1, 0.15) is 55.2 Å². The molecule has 0 bridgehead atoms. The first-order valence-corrected chi connectivity index (χ1v) is 11.3. The zero-order valence-electron chi connectivity index (χ0n) is 17.5. The molecule has 2 aromatic rings. The number of nitrogens with two attached hydrogens (primary N) is 1. The Morgan fingerprint density at radius 3 is 2.53 bits per heavy atom. The summed E-state index contributed by atoms with van der Waals surface area (Å²) in [6, 6.07) is 10.9. The minimum absolute atomic E-state index is 0.441. The molecule has 0 atom stereocenters. The minimum Gasteiger partial charge on any atom is -0.399 e. The highest BCUT2D eigenvalue weighted by molar-refractivity contribution is 6.33. The molecule has 0 radical (unpaired) electrons. The summed E-state index contributed by atoms with van der Waals surface area (Å²) in [6.07, 6.45) is 8.76. The molecule has 4 nitrogen and oxygen atoms in total. The lowest BCUT2D eigenvalue weighted by atomic mass is 9.95. The van der Waals surface area contributed by atoms with Crippen molar-refractivity contribution in [3.8, 4) is 11.1 Å². The maximum absolute atomic E-state index is 7.95. The van der Waals surface area contributed by atoms with E-state index in [0.29, 0.717) is 11.7 Å². The third-order valence-corrected chi connectivity index (χ3v) is 6.65. The van der Waals surface area contributed by atoms with Crippen molar-refractivity contribution in [2.45, 2.75) is 51.1 Å². The first-order chi connectivity index (χ1) is 14.5. The van der Waals surface area contributed by atoms with E-state index in [1.165, 1.54) is 50.6 Å². The Bertz CT molecular complexity index is 940. The fraction of sp³-hybridized carbons (Fsp3) is 0.400. The van der Waals surface area contributed by atoms with Crippen LogP contribution < -0.4 is 11.1 Å². The Labute approximate surface area is 184 Å². The Morgan fingerprint density at radius 2 is 1.90 bits per heavy atom. The number of benzene rings is 2. The molecule has 1 saturated heterocycles. The van der Waals surface area contributed by atoms with E-state index in [1.54, 1.807) is 0 Å². The summed E-state index contributed by atoms with van der Waals surface area (Å²) in [7, 11) is 0. The second-order valence-corrected chi connectivity index (χ2v) is 8.98. The van der Waals surface area contributed by atoms with E-state index in [2.05, 4.69) is 41.1 Å². The van der Waals surface area contributed by atoms with Gasteiger partial charge in [-0.15, -0.1) is 0 Å². The number of halogens is 1. The molecular weight excluding hydrogens is 392 g/mol. The van der Waals surface area contributed by atoms with E-state index in [1.807, 2.05) is 6.07 Å². The number of hydrogen-bond acceptors (Lipinski definition) is 4. The summed E-state index contributed by atoms with van der Waals surface area (Å²) in [6.45, 7) is 7.23. The van der Waals surface area contributed by atoms with Crippen molar-refractivity contribution in [2.24, 2.45) is 5.73 Å². The highest BCUT2D eigenvalue weighted by Crippen LogP contribution is 2.36. The second kappa shape index (κ2) is 9.23. The fourth-order valence-corrected chi connectivity index (χ4v) is 5.04. The van der Waals surface area contributed by atoms with Crippen LogP contribution in [0, 0.1) is 5.41 Å². The van der Waals surface area contributed by atoms with Gasteiger partial charge in [0.2, 0.25) is 0 Å². The Kier molecular flexibility index (Phi) is 6.45. The molecule has 2 aromatic carbocycles. The predicted octanol–water partition coefficient (Wildman–Crippen LogP) is 5.88. The van der Waals surface area contributed by atoms with Crippen molar-refractivity contribution in [2.75, 3.05) is 18.4 Å². The van der Waals surface area contributed by atoms with E-state index >= 15 is 0 Å². The number of likely N-dealkylation sites (tertiary alicyclic amines) is 1. The normalized spacial score (nSPS) is 17.4. The molecule has 1 heterocycles. The first-order valence-electron chi connectivity index (χ1n) is 11.0. The molecule has 2 aliphatic rings. The Morgan fingerprint density at radius 1 is 1.17 bits per heavy atom. The van der Waals surface area contributed by atoms with Gasteiger partial charge in [-0.3, -0.25) is 4.90 Å². The SMILES string of the molecule is C=C(N)c1cc(-c2ccc(CN3CCCC3)cc2Cl)cc(NC2CCCC2)c1C=N. The van der Waals surface area contributed by atoms with Crippen LogP contribution in [-0.4, -0.2) is 30.2 Å². The number of rotatable bonds is 7. The van der Waals surface area contributed by atoms with Crippen molar-refractivity contribution < 1.29 is 0 Å². The molecular formula is C25H31ClN4. The van der Waals surface area contributed by atoms with Gasteiger partial charge in [0.05, 0.1) is 0 Å². The van der Waals surface area contributed by atoms with Crippen LogP contribution in [0.3, 0.4) is 0 Å². The van der Waals surface area contributed by atoms with E-state index < -0.39 is 0 Å². The highest BCUT2D eigenvalue weighted by Gasteiger charge is 2.19. The molecule has 0 spiro atoms. The lowest BCUT2D eigenvalue weighted by Crippen LogP contribution is -2.18. The monoisotopic (exact) mass is 422 g/mol. The first kappa shape index (κ1) is 21.0. The predicted molar refractivity (Wildman–Crippen MR) is 128 cm³/mol. The van der Waals surface area contributed by atoms with Gasteiger partial charge in [-0.05, 0) is 68.1 Å². The maximum Gasteiger partial charge on any atom is 0.0487 e. The largest absolute Gasteiger partial charge is 0.399 e. The molecule has 0 aromatic heterocycles. The van der Waals surface area contributed by atoms with E-state index in [-0.39, 0.29) is 0 Å². The van der Waals surface area contributed by atoms with E-state index in [9.17, 15) is 0 Å². The molecule has 1 aliphatic carbocycles. The van der Waals surface area contributed by atoms with Gasteiger partial charge < -0.3 is 16.5 Å². The van der Waals surface area contributed by atoms with Crippen molar-refractivity contribution in [3.63, 3.8) is 0 Å². The molecule has 0 amide bonds. The zero-order valence-corrected chi connectivity index (χ0v) is 18.3. The van der Waals surface area contributed by atoms with Gasteiger partial charge in [0.25, 0.3) is 0 Å². The van der Waals surface area contributed by atoms with Crippen LogP contribution in [0.15, 0.2) is 36.9 Å². The van der Waals surface area contributed by atoms with Crippen molar-refractivity contribution in [1.82, 2.24) is 4.90 Å².